The van der Waals surface area contributed by atoms with E-state index >= 15 is 0 Å². The van der Waals surface area contributed by atoms with E-state index in [4.69, 9.17) is 0 Å². The molecule has 5 aliphatic rings. The molecule has 0 radical (unpaired) electrons. The van der Waals surface area contributed by atoms with Crippen molar-refractivity contribution in [3.8, 4) is 0 Å². The van der Waals surface area contributed by atoms with Crippen LogP contribution >= 0.6 is 0 Å². The highest BCUT2D eigenvalue weighted by molar-refractivity contribution is 5.85. The summed E-state index contributed by atoms with van der Waals surface area (Å²) in [5.41, 5.74) is 11.6. The highest BCUT2D eigenvalue weighted by Gasteiger charge is 2.42. The molecular formula is C53H94N8O2. The third kappa shape index (κ3) is 12.8. The second kappa shape index (κ2) is 23.3. The number of hydrazine groups is 2. The molecule has 0 aromatic heterocycles. The van der Waals surface area contributed by atoms with Crippen molar-refractivity contribution >= 4 is 5.78 Å². The van der Waals surface area contributed by atoms with Crippen LogP contribution in [-0.2, 0) is 4.79 Å². The van der Waals surface area contributed by atoms with E-state index in [9.17, 15) is 10.0 Å². The molecule has 10 heteroatoms. The van der Waals surface area contributed by atoms with E-state index in [1.165, 1.54) is 37.2 Å². The van der Waals surface area contributed by atoms with Crippen LogP contribution in [-0.4, -0.2) is 87.4 Å². The normalized spacial score (nSPS) is 33.3. The Kier molecular flexibility index (Phi) is 19.4. The van der Waals surface area contributed by atoms with E-state index in [0.717, 1.165) is 98.2 Å². The Morgan fingerprint density at radius 3 is 2.03 bits per heavy atom. The summed E-state index contributed by atoms with van der Waals surface area (Å²) in [5, 5.41) is 23.9. The van der Waals surface area contributed by atoms with Crippen LogP contribution in [0.2, 0.25) is 0 Å². The topological polar surface area (TPSA) is 98.4 Å². The van der Waals surface area contributed by atoms with E-state index in [1.807, 2.05) is 5.01 Å². The Morgan fingerprint density at radius 1 is 0.857 bits per heavy atom. The van der Waals surface area contributed by atoms with Gasteiger partial charge in [0, 0.05) is 48.8 Å². The average molecular weight is 875 g/mol. The first-order valence-electron chi connectivity index (χ1n) is 25.0. The van der Waals surface area contributed by atoms with E-state index < -0.39 is 0 Å². The van der Waals surface area contributed by atoms with Gasteiger partial charge in [-0.25, -0.2) is 10.9 Å². The van der Waals surface area contributed by atoms with Gasteiger partial charge in [-0.3, -0.25) is 15.1 Å². The number of hydrogen-bond donors (Lipinski definition) is 5. The van der Waals surface area contributed by atoms with Crippen LogP contribution in [0.5, 0.6) is 0 Å². The maximum atomic E-state index is 14.3. The van der Waals surface area contributed by atoms with Crippen LogP contribution < -0.4 is 21.5 Å². The summed E-state index contributed by atoms with van der Waals surface area (Å²) in [4.78, 5) is 16.7. The Balaban J connectivity index is 0.000000457. The predicted molar refractivity (Wildman–Crippen MR) is 265 cm³/mol. The van der Waals surface area contributed by atoms with E-state index in [0.29, 0.717) is 23.5 Å². The first-order chi connectivity index (χ1) is 29.7. The smallest absolute Gasteiger partial charge is 0.155 e. The van der Waals surface area contributed by atoms with Crippen LogP contribution in [0.4, 0.5) is 0 Å². The first kappa shape index (κ1) is 52.4. The predicted octanol–water partition coefficient (Wildman–Crippen LogP) is 10.4. The van der Waals surface area contributed by atoms with Crippen molar-refractivity contribution < 1.29 is 10.0 Å². The Morgan fingerprint density at radius 2 is 1.48 bits per heavy atom. The quantitative estimate of drug-likeness (QED) is 0.162. The molecule has 5 N–H and O–H groups in total. The molecular weight excluding hydrogens is 781 g/mol. The van der Waals surface area contributed by atoms with Gasteiger partial charge >= 0.3 is 0 Å². The van der Waals surface area contributed by atoms with Gasteiger partial charge in [-0.15, -0.1) is 0 Å². The minimum atomic E-state index is -0.386. The number of Topliss-reactive ketones (excluding diaryl/α,β-unsaturated/α-hetero) is 1. The summed E-state index contributed by atoms with van der Waals surface area (Å²) in [6, 6.07) is -0.933. The zero-order valence-electron chi connectivity index (χ0n) is 42.1. The SMILES string of the molecule is C=CNC1C(=C)N2NCCCC2C(=C)N(O)CC(=C)N2NCCCC2C(=C)N2CCC(C)C2C(=C)NC(C(C)C)C(=O)CC1C(C)C.CCC1CC(C)(C(C)C)CCC1CC(C)C. The minimum absolute atomic E-state index is 0.00245. The summed E-state index contributed by atoms with van der Waals surface area (Å²) in [6.45, 7) is 54.4. The molecule has 10 atom stereocenters. The van der Waals surface area contributed by atoms with Crippen LogP contribution in [0.25, 0.3) is 0 Å². The largest absolute Gasteiger partial charge is 0.383 e. The number of carbonyl (C=O) groups is 1. The van der Waals surface area contributed by atoms with E-state index in [-0.39, 0.29) is 60.3 Å². The highest BCUT2D eigenvalue weighted by atomic mass is 16.5. The number of fused-ring (bicyclic) bond motifs is 3. The fourth-order valence-electron chi connectivity index (χ4n) is 11.5. The molecule has 0 spiro atoms. The molecule has 1 aliphatic carbocycles. The molecule has 4 saturated heterocycles. The molecule has 0 aromatic carbocycles. The molecule has 10 unspecified atom stereocenters. The van der Waals surface area contributed by atoms with Gasteiger partial charge in [0.1, 0.15) is 0 Å². The number of hydrogen-bond acceptors (Lipinski definition) is 10. The zero-order chi connectivity index (χ0) is 46.9. The molecule has 1 saturated carbocycles. The monoisotopic (exact) mass is 875 g/mol. The maximum Gasteiger partial charge on any atom is 0.155 e. The van der Waals surface area contributed by atoms with Crippen LogP contribution in [0.3, 0.4) is 0 Å². The van der Waals surface area contributed by atoms with Gasteiger partial charge in [-0.2, -0.15) is 0 Å². The molecule has 5 rings (SSSR count). The van der Waals surface area contributed by atoms with Crippen molar-refractivity contribution in [2.45, 2.75) is 177 Å². The number of nitrogens with zero attached hydrogens (tertiary/aromatic N) is 4. The summed E-state index contributed by atoms with van der Waals surface area (Å²) in [5.74, 6) is 4.39. The van der Waals surface area contributed by atoms with Crippen molar-refractivity contribution in [3.05, 3.63) is 74.2 Å². The number of carbonyl (C=O) groups excluding carboxylic acids is 1. The minimum Gasteiger partial charge on any atom is -0.383 e. The van der Waals surface area contributed by atoms with Crippen molar-refractivity contribution in [3.63, 3.8) is 0 Å². The highest BCUT2D eigenvalue weighted by Crippen LogP contribution is 2.49. The molecule has 0 aromatic rings. The van der Waals surface area contributed by atoms with Crippen molar-refractivity contribution in [2.24, 2.45) is 52.8 Å². The first-order valence-corrected chi connectivity index (χ1v) is 25.0. The van der Waals surface area contributed by atoms with Crippen molar-refractivity contribution in [2.75, 3.05) is 26.2 Å². The number of nitrogens with one attached hydrogen (secondary N) is 4. The number of hydroxylamine groups is 2. The average Bonchev–Trinajstić information content (AvgIpc) is 3.64. The zero-order valence-corrected chi connectivity index (χ0v) is 42.1. The molecule has 358 valence electrons. The Labute approximate surface area is 386 Å². The fourth-order valence-corrected chi connectivity index (χ4v) is 11.5. The third-order valence-electron chi connectivity index (χ3n) is 15.9. The molecule has 10 nitrogen and oxygen atoms in total. The van der Waals surface area contributed by atoms with Crippen LogP contribution in [0.1, 0.15) is 147 Å². The fraction of sp³-hybridized carbons (Fsp3) is 0.755. The Hall–Kier alpha value is -3.21. The van der Waals surface area contributed by atoms with Gasteiger partial charge in [-0.1, -0.05) is 122 Å². The van der Waals surface area contributed by atoms with Gasteiger partial charge in [0.15, 0.2) is 5.78 Å². The molecule has 4 aliphatic heterocycles. The maximum absolute atomic E-state index is 14.3. The van der Waals surface area contributed by atoms with Crippen LogP contribution in [0, 0.1) is 52.8 Å². The lowest BCUT2D eigenvalue weighted by Crippen LogP contribution is -2.57. The molecule has 5 fully saturated rings. The molecule has 63 heavy (non-hydrogen) atoms. The van der Waals surface area contributed by atoms with Gasteiger partial charge in [0.2, 0.25) is 0 Å². The van der Waals surface area contributed by atoms with E-state index in [1.54, 1.807) is 6.20 Å². The molecule has 0 amide bonds. The van der Waals surface area contributed by atoms with Gasteiger partial charge in [-0.05, 0) is 117 Å². The number of ketones is 1. The van der Waals surface area contributed by atoms with Crippen molar-refractivity contribution in [1.82, 2.24) is 41.5 Å². The summed E-state index contributed by atoms with van der Waals surface area (Å²) in [7, 11) is 0. The van der Waals surface area contributed by atoms with E-state index in [2.05, 4.69) is 147 Å². The standard InChI is InChI=1S/C37H62N8O2.C16H32/c1-12-38-36-30(11)45-33(16-14-19-40-45)29(10)43(47)22-26(7)44-32(15-13-18-39-44)28(9)42-20-17-25(6)37(42)27(8)41-35(24(4)5)34(46)21-31(36)23(2)3;1-7-14-11-16(6,13(4)5)9-8-15(14)10-12(2)3/h12,23-25,31-33,35-41,47H,1,7-11,13-22H2,2-6H3;12-15H,7-11H2,1-6H3. The summed E-state index contributed by atoms with van der Waals surface area (Å²) in [6.07, 6.45) is 13.9. The van der Waals surface area contributed by atoms with Gasteiger partial charge < -0.3 is 25.6 Å². The van der Waals surface area contributed by atoms with Gasteiger partial charge in [0.05, 0.1) is 42.5 Å². The molecule has 0 bridgehead atoms. The summed E-state index contributed by atoms with van der Waals surface area (Å²) < 4.78 is 0. The second-order valence-corrected chi connectivity index (χ2v) is 21.8. The number of rotatable bonds is 8. The van der Waals surface area contributed by atoms with Crippen LogP contribution in [0.15, 0.2) is 74.2 Å². The third-order valence-corrected chi connectivity index (χ3v) is 15.9. The summed E-state index contributed by atoms with van der Waals surface area (Å²) >= 11 is 0. The lowest BCUT2D eigenvalue weighted by molar-refractivity contribution is -0.123. The molecule has 4 heterocycles. The Bertz CT molecular complexity index is 1590. The van der Waals surface area contributed by atoms with Crippen molar-refractivity contribution in [1.29, 1.82) is 0 Å². The second-order valence-electron chi connectivity index (χ2n) is 21.8. The lowest BCUT2D eigenvalue weighted by atomic mass is 9.60. The van der Waals surface area contributed by atoms with Gasteiger partial charge in [0.25, 0.3) is 0 Å². The lowest BCUT2D eigenvalue weighted by Gasteiger charge is -2.46.